The molecule has 0 bridgehead atoms. The maximum absolute atomic E-state index is 12.5. The number of Topliss-reactive ketones (excluding diaryl/α,β-unsaturated/α-hetero) is 1. The van der Waals surface area contributed by atoms with Crippen molar-refractivity contribution in [2.24, 2.45) is 0 Å². The summed E-state index contributed by atoms with van der Waals surface area (Å²) in [4.78, 5) is 44.5. The van der Waals surface area contributed by atoms with Crippen molar-refractivity contribution in [2.45, 2.75) is 32.1 Å². The zero-order valence-corrected chi connectivity index (χ0v) is 20.1. The molecule has 3 rings (SSSR count). The second kappa shape index (κ2) is 12.2. The van der Waals surface area contributed by atoms with Crippen LogP contribution in [0.4, 0.5) is 5.13 Å². The molecule has 1 aromatic heterocycles. The van der Waals surface area contributed by atoms with Gasteiger partial charge in [-0.05, 0) is 25.0 Å². The highest BCUT2D eigenvalue weighted by atomic mass is 32.1. The summed E-state index contributed by atoms with van der Waals surface area (Å²) in [7, 11) is 1.60. The maximum atomic E-state index is 12.5. The Hall–Kier alpha value is -2.17. The molecule has 2 amide bonds. The fourth-order valence-electron chi connectivity index (χ4n) is 3.67. The number of rotatable bonds is 11. The van der Waals surface area contributed by atoms with Crippen LogP contribution in [0.1, 0.15) is 32.1 Å². The first-order valence-corrected chi connectivity index (χ1v) is 12.3. The van der Waals surface area contributed by atoms with Gasteiger partial charge < -0.3 is 15.0 Å². The van der Waals surface area contributed by atoms with Crippen molar-refractivity contribution in [2.75, 3.05) is 50.9 Å². The van der Waals surface area contributed by atoms with Gasteiger partial charge in [-0.25, -0.2) is 4.98 Å². The van der Waals surface area contributed by atoms with E-state index < -0.39 is 0 Å². The molecule has 0 atom stereocenters. The van der Waals surface area contributed by atoms with Gasteiger partial charge in [0.2, 0.25) is 11.8 Å². The topological polar surface area (TPSA) is 91.8 Å². The second-order valence-electron chi connectivity index (χ2n) is 7.79. The molecular weight excluding hydrogens is 448 g/mol. The van der Waals surface area contributed by atoms with Crippen molar-refractivity contribution < 1.29 is 19.1 Å². The highest BCUT2D eigenvalue weighted by Gasteiger charge is 2.22. The Balaban J connectivity index is 1.37. The van der Waals surface area contributed by atoms with Crippen molar-refractivity contribution in [3.63, 3.8) is 0 Å². The zero-order chi connectivity index (χ0) is 22.9. The highest BCUT2D eigenvalue weighted by Crippen LogP contribution is 2.32. The van der Waals surface area contributed by atoms with E-state index in [2.05, 4.69) is 27.8 Å². The van der Waals surface area contributed by atoms with Crippen LogP contribution in [0.5, 0.6) is 5.75 Å². The Bertz CT molecular complexity index is 941. The van der Waals surface area contributed by atoms with Crippen LogP contribution in [0.15, 0.2) is 18.2 Å². The van der Waals surface area contributed by atoms with Crippen LogP contribution in [-0.2, 0) is 14.4 Å². The number of piperazine rings is 1. The largest absolute Gasteiger partial charge is 0.494 e. The molecular formula is C22H30N4O4S2. The number of thiazole rings is 1. The van der Waals surface area contributed by atoms with Crippen LogP contribution in [0.25, 0.3) is 10.2 Å². The predicted octanol–water partition coefficient (Wildman–Crippen LogP) is 2.84. The van der Waals surface area contributed by atoms with Gasteiger partial charge >= 0.3 is 0 Å². The standard InChI is InChI=1S/C22H30N4O4S2/c1-30-17-7-5-8-18-21(17)24-22(32-18)23-19(28)14-25-10-12-26(13-11-25)20(29)9-4-2-3-6-16(27)15-31/h5,7-8,31H,2-4,6,9-15H2,1H3,(H,23,24,28). The Morgan fingerprint density at radius 2 is 1.88 bits per heavy atom. The average molecular weight is 479 g/mol. The van der Waals surface area contributed by atoms with E-state index in [1.807, 2.05) is 23.1 Å². The fraction of sp³-hybridized carbons (Fsp3) is 0.545. The van der Waals surface area contributed by atoms with E-state index >= 15 is 0 Å². The molecule has 1 N–H and O–H groups in total. The van der Waals surface area contributed by atoms with Gasteiger partial charge in [0, 0.05) is 44.8 Å². The van der Waals surface area contributed by atoms with Crippen molar-refractivity contribution in [3.05, 3.63) is 18.2 Å². The van der Waals surface area contributed by atoms with E-state index in [-0.39, 0.29) is 29.9 Å². The lowest BCUT2D eigenvalue weighted by Gasteiger charge is -2.34. The predicted molar refractivity (Wildman–Crippen MR) is 130 cm³/mol. The van der Waals surface area contributed by atoms with Crippen LogP contribution >= 0.6 is 24.0 Å². The minimum absolute atomic E-state index is 0.112. The lowest BCUT2D eigenvalue weighted by molar-refractivity contribution is -0.133. The number of anilines is 1. The number of thiol groups is 1. The van der Waals surface area contributed by atoms with Gasteiger partial charge in [-0.3, -0.25) is 19.3 Å². The number of fused-ring (bicyclic) bond motifs is 1. The van der Waals surface area contributed by atoms with E-state index in [4.69, 9.17) is 4.74 Å². The SMILES string of the molecule is COc1cccc2sc(NC(=O)CN3CCN(C(=O)CCCCCC(=O)CS)CC3)nc12. The minimum Gasteiger partial charge on any atom is -0.494 e. The summed E-state index contributed by atoms with van der Waals surface area (Å²) < 4.78 is 6.28. The summed E-state index contributed by atoms with van der Waals surface area (Å²) in [5, 5.41) is 3.43. The number of benzene rings is 1. The second-order valence-corrected chi connectivity index (χ2v) is 9.14. The molecule has 1 fully saturated rings. The molecule has 1 aromatic carbocycles. The third kappa shape index (κ3) is 6.91. The van der Waals surface area contributed by atoms with Gasteiger partial charge in [0.25, 0.3) is 0 Å². The summed E-state index contributed by atoms with van der Waals surface area (Å²) in [5.74, 6) is 1.17. The van der Waals surface area contributed by atoms with Gasteiger partial charge in [0.05, 0.1) is 18.4 Å². The van der Waals surface area contributed by atoms with Crippen molar-refractivity contribution in [1.82, 2.24) is 14.8 Å². The third-order valence-corrected chi connectivity index (χ3v) is 6.75. The lowest BCUT2D eigenvalue weighted by atomic mass is 10.1. The first-order chi connectivity index (χ1) is 15.5. The van der Waals surface area contributed by atoms with E-state index in [0.29, 0.717) is 49.9 Å². The number of hydrogen-bond acceptors (Lipinski definition) is 8. The number of carbonyl (C=O) groups is 3. The Morgan fingerprint density at radius 3 is 2.59 bits per heavy atom. The number of aromatic nitrogens is 1. The molecule has 0 saturated carbocycles. The molecule has 0 unspecified atom stereocenters. The number of nitrogens with one attached hydrogen (secondary N) is 1. The van der Waals surface area contributed by atoms with Crippen molar-refractivity contribution in [1.29, 1.82) is 0 Å². The first kappa shape index (κ1) is 24.5. The maximum Gasteiger partial charge on any atom is 0.240 e. The summed E-state index contributed by atoms with van der Waals surface area (Å²) in [6, 6.07) is 5.69. The molecule has 2 heterocycles. The normalized spacial score (nSPS) is 14.5. The van der Waals surface area contributed by atoms with Gasteiger partial charge in [0.1, 0.15) is 17.0 Å². The average Bonchev–Trinajstić information content (AvgIpc) is 3.21. The quantitative estimate of drug-likeness (QED) is 0.381. The number of unbranched alkanes of at least 4 members (excludes halogenated alkanes) is 2. The van der Waals surface area contributed by atoms with E-state index in [9.17, 15) is 14.4 Å². The molecule has 1 aliphatic rings. The van der Waals surface area contributed by atoms with Gasteiger partial charge in [-0.15, -0.1) is 0 Å². The van der Waals surface area contributed by atoms with Crippen LogP contribution in [0.3, 0.4) is 0 Å². The van der Waals surface area contributed by atoms with Gasteiger partial charge in [-0.2, -0.15) is 12.6 Å². The molecule has 10 heteroatoms. The smallest absolute Gasteiger partial charge is 0.240 e. The van der Waals surface area contributed by atoms with Crippen LogP contribution in [0, 0.1) is 0 Å². The Morgan fingerprint density at radius 1 is 1.12 bits per heavy atom. The summed E-state index contributed by atoms with van der Waals surface area (Å²) in [6.07, 6.45) is 3.55. The molecule has 0 radical (unpaired) electrons. The van der Waals surface area contributed by atoms with E-state index in [1.165, 1.54) is 11.3 Å². The molecule has 1 aliphatic heterocycles. The molecule has 174 valence electrons. The molecule has 2 aromatic rings. The minimum atomic E-state index is -0.112. The molecule has 0 spiro atoms. The van der Waals surface area contributed by atoms with E-state index in [0.717, 1.165) is 29.5 Å². The molecule has 32 heavy (non-hydrogen) atoms. The van der Waals surface area contributed by atoms with Gasteiger partial charge in [0.15, 0.2) is 5.13 Å². The number of amides is 2. The number of para-hydroxylation sites is 1. The van der Waals surface area contributed by atoms with Crippen molar-refractivity contribution >= 4 is 56.9 Å². The highest BCUT2D eigenvalue weighted by molar-refractivity contribution is 7.81. The number of nitrogens with zero attached hydrogens (tertiary/aromatic N) is 3. The summed E-state index contributed by atoms with van der Waals surface area (Å²) in [6.45, 7) is 2.87. The number of carbonyl (C=O) groups excluding carboxylic acids is 3. The lowest BCUT2D eigenvalue weighted by Crippen LogP contribution is -2.50. The number of ether oxygens (including phenoxy) is 1. The van der Waals surface area contributed by atoms with E-state index in [1.54, 1.807) is 7.11 Å². The summed E-state index contributed by atoms with van der Waals surface area (Å²) in [5.41, 5.74) is 0.746. The van der Waals surface area contributed by atoms with Crippen LogP contribution < -0.4 is 10.1 Å². The molecule has 0 aliphatic carbocycles. The van der Waals surface area contributed by atoms with Crippen LogP contribution in [-0.4, -0.2) is 78.0 Å². The molecule has 8 nitrogen and oxygen atoms in total. The number of hydrogen-bond donors (Lipinski definition) is 2. The fourth-order valence-corrected chi connectivity index (χ4v) is 4.73. The number of ketones is 1. The molecule has 1 saturated heterocycles. The third-order valence-electron chi connectivity index (χ3n) is 5.46. The Kier molecular flexibility index (Phi) is 9.31. The first-order valence-electron chi connectivity index (χ1n) is 10.9. The van der Waals surface area contributed by atoms with Crippen LogP contribution in [0.2, 0.25) is 0 Å². The zero-order valence-electron chi connectivity index (χ0n) is 18.3. The van der Waals surface area contributed by atoms with Gasteiger partial charge in [-0.1, -0.05) is 23.8 Å². The Labute approximate surface area is 197 Å². The summed E-state index contributed by atoms with van der Waals surface area (Å²) >= 11 is 5.38. The monoisotopic (exact) mass is 478 g/mol. The number of methoxy groups -OCH3 is 1. The van der Waals surface area contributed by atoms with Crippen molar-refractivity contribution in [3.8, 4) is 5.75 Å².